The Balaban J connectivity index is 1.53. The first-order chi connectivity index (χ1) is 11.7. The van der Waals surface area contributed by atoms with Gasteiger partial charge in [-0.3, -0.25) is 9.59 Å². The van der Waals surface area contributed by atoms with Gasteiger partial charge in [-0.25, -0.2) is 0 Å². The first kappa shape index (κ1) is 15.4. The van der Waals surface area contributed by atoms with Gasteiger partial charge < -0.3 is 15.5 Å². The molecule has 124 valence electrons. The van der Waals surface area contributed by atoms with Crippen LogP contribution in [0.25, 0.3) is 0 Å². The number of nitrogens with one attached hydrogen (secondary N) is 2. The lowest BCUT2D eigenvalue weighted by molar-refractivity contribution is 0.0782. The highest BCUT2D eigenvalue weighted by Crippen LogP contribution is 2.29. The number of rotatable bonds is 3. The van der Waals surface area contributed by atoms with E-state index in [9.17, 15) is 9.59 Å². The van der Waals surface area contributed by atoms with Gasteiger partial charge in [0.1, 0.15) is 0 Å². The van der Waals surface area contributed by atoms with Crippen LogP contribution in [0.3, 0.4) is 0 Å². The van der Waals surface area contributed by atoms with Crippen LogP contribution in [0.5, 0.6) is 0 Å². The second kappa shape index (κ2) is 6.37. The molecule has 0 saturated carbocycles. The van der Waals surface area contributed by atoms with Crippen molar-refractivity contribution >= 4 is 28.8 Å². The van der Waals surface area contributed by atoms with Gasteiger partial charge >= 0.3 is 0 Å². The minimum absolute atomic E-state index is 0.00520. The van der Waals surface area contributed by atoms with Gasteiger partial charge in [0.25, 0.3) is 11.8 Å². The van der Waals surface area contributed by atoms with Gasteiger partial charge in [0.05, 0.1) is 16.8 Å². The van der Waals surface area contributed by atoms with E-state index in [0.717, 1.165) is 26.2 Å². The van der Waals surface area contributed by atoms with Gasteiger partial charge in [-0.15, -0.1) is 0 Å². The molecule has 6 heteroatoms. The summed E-state index contributed by atoms with van der Waals surface area (Å²) in [7, 11) is 0. The lowest BCUT2D eigenvalue weighted by atomic mass is 10.0. The Morgan fingerprint density at radius 1 is 1.12 bits per heavy atom. The minimum atomic E-state index is -0.181. The molecule has 2 atom stereocenters. The smallest absolute Gasteiger partial charge is 0.256 e. The van der Waals surface area contributed by atoms with Crippen LogP contribution in [0.15, 0.2) is 41.1 Å². The van der Waals surface area contributed by atoms with Crippen molar-refractivity contribution in [2.75, 3.05) is 31.5 Å². The molecule has 4 rings (SSSR count). The summed E-state index contributed by atoms with van der Waals surface area (Å²) in [5, 5.41) is 9.92. The minimum Gasteiger partial charge on any atom is -0.338 e. The van der Waals surface area contributed by atoms with Gasteiger partial charge in [0, 0.05) is 31.6 Å². The second-order valence-electron chi connectivity index (χ2n) is 6.40. The van der Waals surface area contributed by atoms with Crippen molar-refractivity contribution < 1.29 is 9.59 Å². The number of anilines is 1. The predicted molar refractivity (Wildman–Crippen MR) is 94.5 cm³/mol. The Morgan fingerprint density at radius 3 is 2.58 bits per heavy atom. The topological polar surface area (TPSA) is 61.4 Å². The summed E-state index contributed by atoms with van der Waals surface area (Å²) >= 11 is 1.48. The average Bonchev–Trinajstić information content (AvgIpc) is 3.31. The van der Waals surface area contributed by atoms with E-state index < -0.39 is 0 Å². The molecule has 2 aliphatic rings. The molecule has 0 unspecified atom stereocenters. The Hall–Kier alpha value is -2.18. The number of amides is 2. The van der Waals surface area contributed by atoms with Crippen molar-refractivity contribution in [3.05, 3.63) is 52.2 Å². The Morgan fingerprint density at radius 2 is 1.88 bits per heavy atom. The van der Waals surface area contributed by atoms with Gasteiger partial charge in [-0.2, -0.15) is 11.3 Å². The lowest BCUT2D eigenvalue weighted by Gasteiger charge is -2.19. The van der Waals surface area contributed by atoms with E-state index in [-0.39, 0.29) is 11.8 Å². The molecular weight excluding hydrogens is 322 g/mol. The molecule has 2 aliphatic heterocycles. The zero-order valence-corrected chi connectivity index (χ0v) is 14.0. The highest BCUT2D eigenvalue weighted by Gasteiger charge is 2.38. The number of hydrogen-bond acceptors (Lipinski definition) is 4. The number of carbonyl (C=O) groups excluding carboxylic acids is 2. The fourth-order valence-electron chi connectivity index (χ4n) is 3.56. The molecule has 0 radical (unpaired) electrons. The van der Waals surface area contributed by atoms with Crippen LogP contribution in [-0.2, 0) is 0 Å². The molecule has 1 aromatic heterocycles. The summed E-state index contributed by atoms with van der Waals surface area (Å²) in [6.45, 7) is 3.57. The molecule has 0 bridgehead atoms. The van der Waals surface area contributed by atoms with Crippen LogP contribution in [-0.4, -0.2) is 42.9 Å². The molecular formula is C18H19N3O2S. The summed E-state index contributed by atoms with van der Waals surface area (Å²) in [5.41, 5.74) is 1.76. The Bertz CT molecular complexity index is 747. The van der Waals surface area contributed by atoms with Crippen molar-refractivity contribution in [3.63, 3.8) is 0 Å². The molecule has 24 heavy (non-hydrogen) atoms. The number of hydrogen-bond donors (Lipinski definition) is 2. The van der Waals surface area contributed by atoms with Crippen LogP contribution >= 0.6 is 11.3 Å². The average molecular weight is 341 g/mol. The molecule has 2 fully saturated rings. The predicted octanol–water partition coefficient (Wildman–Crippen LogP) is 2.29. The molecule has 1 aromatic carbocycles. The third kappa shape index (κ3) is 2.83. The summed E-state index contributed by atoms with van der Waals surface area (Å²) in [5.74, 6) is 0.938. The van der Waals surface area contributed by atoms with Crippen molar-refractivity contribution in [2.45, 2.75) is 0 Å². The fourth-order valence-corrected chi connectivity index (χ4v) is 4.19. The molecule has 2 saturated heterocycles. The fraction of sp³-hybridized carbons (Fsp3) is 0.333. The molecule has 3 heterocycles. The quantitative estimate of drug-likeness (QED) is 0.900. The van der Waals surface area contributed by atoms with Crippen LogP contribution in [0.1, 0.15) is 20.7 Å². The van der Waals surface area contributed by atoms with E-state index in [0.29, 0.717) is 28.7 Å². The van der Waals surface area contributed by atoms with Crippen LogP contribution < -0.4 is 10.6 Å². The zero-order valence-electron chi connectivity index (χ0n) is 13.2. The van der Waals surface area contributed by atoms with Crippen LogP contribution in [0.2, 0.25) is 0 Å². The molecule has 2 amide bonds. The van der Waals surface area contributed by atoms with E-state index in [1.807, 2.05) is 22.4 Å². The summed E-state index contributed by atoms with van der Waals surface area (Å²) < 4.78 is 0. The highest BCUT2D eigenvalue weighted by molar-refractivity contribution is 7.08. The Labute approximate surface area is 144 Å². The van der Waals surface area contributed by atoms with Crippen molar-refractivity contribution in [3.8, 4) is 0 Å². The Kier molecular flexibility index (Phi) is 4.08. The monoisotopic (exact) mass is 341 g/mol. The van der Waals surface area contributed by atoms with Gasteiger partial charge in [-0.1, -0.05) is 12.1 Å². The van der Waals surface area contributed by atoms with E-state index in [4.69, 9.17) is 0 Å². The molecule has 2 N–H and O–H groups in total. The number of benzene rings is 1. The third-order valence-corrected chi connectivity index (χ3v) is 5.55. The van der Waals surface area contributed by atoms with E-state index in [2.05, 4.69) is 10.6 Å². The molecule has 0 spiro atoms. The highest BCUT2D eigenvalue weighted by atomic mass is 32.1. The van der Waals surface area contributed by atoms with Gasteiger partial charge in [-0.05, 0) is 35.4 Å². The first-order valence-corrected chi connectivity index (χ1v) is 9.09. The summed E-state index contributed by atoms with van der Waals surface area (Å²) in [6.07, 6.45) is 0. The molecule has 2 aromatic rings. The van der Waals surface area contributed by atoms with E-state index in [1.54, 1.807) is 23.6 Å². The maximum atomic E-state index is 12.9. The number of likely N-dealkylation sites (tertiary alicyclic amines) is 1. The largest absolute Gasteiger partial charge is 0.338 e. The number of carbonyl (C=O) groups is 2. The number of para-hydroxylation sites is 1. The van der Waals surface area contributed by atoms with Crippen LogP contribution in [0.4, 0.5) is 5.69 Å². The van der Waals surface area contributed by atoms with Crippen LogP contribution in [0, 0.1) is 11.8 Å². The number of nitrogens with zero attached hydrogens (tertiary/aromatic N) is 1. The summed E-state index contributed by atoms with van der Waals surface area (Å²) in [6, 6.07) is 9.03. The molecule has 5 nitrogen and oxygen atoms in total. The molecule has 0 aliphatic carbocycles. The SMILES string of the molecule is O=C(Nc1ccccc1C(=O)N1C[C@H]2CNC[C@H]2C1)c1ccsc1. The standard InChI is InChI=1S/C18H19N3O2S/c22-17(12-5-6-24-11-12)20-16-4-2-1-3-15(16)18(23)21-9-13-7-19-8-14(13)10-21/h1-6,11,13-14,19H,7-10H2,(H,20,22)/t13-,14+. The van der Waals surface area contributed by atoms with Crippen molar-refractivity contribution in [1.29, 1.82) is 0 Å². The van der Waals surface area contributed by atoms with E-state index in [1.165, 1.54) is 11.3 Å². The third-order valence-electron chi connectivity index (χ3n) is 4.87. The normalized spacial score (nSPS) is 22.4. The number of thiophene rings is 1. The van der Waals surface area contributed by atoms with Gasteiger partial charge in [0.15, 0.2) is 0 Å². The summed E-state index contributed by atoms with van der Waals surface area (Å²) in [4.78, 5) is 27.1. The number of fused-ring (bicyclic) bond motifs is 1. The lowest BCUT2D eigenvalue weighted by Crippen LogP contribution is -2.32. The van der Waals surface area contributed by atoms with Crippen molar-refractivity contribution in [2.24, 2.45) is 11.8 Å². The maximum absolute atomic E-state index is 12.9. The van der Waals surface area contributed by atoms with E-state index >= 15 is 0 Å². The first-order valence-electron chi connectivity index (χ1n) is 8.15. The zero-order chi connectivity index (χ0) is 16.5. The van der Waals surface area contributed by atoms with Crippen molar-refractivity contribution in [1.82, 2.24) is 10.2 Å². The second-order valence-corrected chi connectivity index (χ2v) is 7.18. The maximum Gasteiger partial charge on any atom is 0.256 e. The van der Waals surface area contributed by atoms with Gasteiger partial charge in [0.2, 0.25) is 0 Å².